The van der Waals surface area contributed by atoms with E-state index in [1.165, 1.54) is 25.0 Å². The molecule has 136 valence electrons. The summed E-state index contributed by atoms with van der Waals surface area (Å²) in [6.07, 6.45) is 9.08. The Morgan fingerprint density at radius 3 is 2.71 bits per heavy atom. The van der Waals surface area contributed by atoms with Gasteiger partial charge in [0.1, 0.15) is 0 Å². The second-order valence-electron chi connectivity index (χ2n) is 7.77. The highest BCUT2D eigenvalue weighted by atomic mass is 32.1. The number of rotatable bonds is 4. The van der Waals surface area contributed by atoms with Crippen LogP contribution < -0.4 is 16.0 Å². The van der Waals surface area contributed by atoms with Crippen molar-refractivity contribution in [1.29, 1.82) is 0 Å². The molecule has 3 N–H and O–H groups in total. The first kappa shape index (κ1) is 19.0. The minimum atomic E-state index is -0.0309. The van der Waals surface area contributed by atoms with Crippen LogP contribution in [0.2, 0.25) is 0 Å². The molecule has 1 aliphatic carbocycles. The van der Waals surface area contributed by atoms with Crippen molar-refractivity contribution >= 4 is 23.4 Å². The van der Waals surface area contributed by atoms with E-state index in [-0.39, 0.29) is 11.6 Å². The van der Waals surface area contributed by atoms with Crippen LogP contribution in [0.3, 0.4) is 0 Å². The van der Waals surface area contributed by atoms with E-state index < -0.39 is 0 Å². The molecule has 2 aliphatic rings. The lowest BCUT2D eigenvalue weighted by Gasteiger charge is -2.37. The molecule has 1 aliphatic heterocycles. The van der Waals surface area contributed by atoms with Crippen LogP contribution in [-0.4, -0.2) is 41.2 Å². The van der Waals surface area contributed by atoms with Crippen molar-refractivity contribution < 1.29 is 4.79 Å². The summed E-state index contributed by atoms with van der Waals surface area (Å²) < 4.78 is 0. The first-order chi connectivity index (χ1) is 11.4. The number of carbonyl (C=O) groups is 1. The second-order valence-corrected chi connectivity index (χ2v) is 8.18. The maximum Gasteiger partial charge on any atom is 0.321 e. The zero-order chi connectivity index (χ0) is 17.6. The van der Waals surface area contributed by atoms with Gasteiger partial charge in [-0.15, -0.1) is 0 Å². The highest BCUT2D eigenvalue weighted by Gasteiger charge is 2.29. The minimum absolute atomic E-state index is 0.0309. The van der Waals surface area contributed by atoms with Crippen LogP contribution in [0, 0.1) is 5.92 Å². The average molecular weight is 353 g/mol. The quantitative estimate of drug-likeness (QED) is 0.537. The highest BCUT2D eigenvalue weighted by Crippen LogP contribution is 2.34. The fraction of sp³-hybridized carbons (Fsp3) is 0.778. The van der Waals surface area contributed by atoms with Crippen molar-refractivity contribution in [1.82, 2.24) is 20.9 Å². The van der Waals surface area contributed by atoms with Gasteiger partial charge in [-0.1, -0.05) is 6.08 Å². The molecule has 0 aromatic rings. The first-order valence-electron chi connectivity index (χ1n) is 9.18. The molecule has 6 heteroatoms. The molecule has 24 heavy (non-hydrogen) atoms. The third-order valence-corrected chi connectivity index (χ3v) is 4.67. The summed E-state index contributed by atoms with van der Waals surface area (Å²) >= 11 is 5.24. The van der Waals surface area contributed by atoms with E-state index in [4.69, 9.17) is 12.2 Å². The number of piperidine rings is 1. The number of allylic oxidation sites excluding steroid dienone is 2. The SMILES string of the molecule is CC(C)(C)NC(=S)NCCCNC(=O)N1CCCC2CCCC=C21. The van der Waals surface area contributed by atoms with E-state index in [1.807, 2.05) is 4.90 Å². The Bertz CT molecular complexity index is 484. The lowest BCUT2D eigenvalue weighted by molar-refractivity contribution is 0.187. The number of amides is 2. The third kappa shape index (κ3) is 5.96. The van der Waals surface area contributed by atoms with Gasteiger partial charge in [-0.3, -0.25) is 4.90 Å². The Kier molecular flexibility index (Phi) is 6.90. The molecular formula is C18H32N4OS. The van der Waals surface area contributed by atoms with Crippen molar-refractivity contribution in [2.75, 3.05) is 19.6 Å². The predicted octanol–water partition coefficient (Wildman–Crippen LogP) is 3.13. The van der Waals surface area contributed by atoms with Crippen molar-refractivity contribution in [3.63, 3.8) is 0 Å². The molecule has 1 heterocycles. The zero-order valence-corrected chi connectivity index (χ0v) is 16.1. The van der Waals surface area contributed by atoms with E-state index in [2.05, 4.69) is 42.8 Å². The summed E-state index contributed by atoms with van der Waals surface area (Å²) in [6, 6.07) is 0.0586. The summed E-state index contributed by atoms with van der Waals surface area (Å²) in [5.74, 6) is 0.598. The van der Waals surface area contributed by atoms with E-state index >= 15 is 0 Å². The van der Waals surface area contributed by atoms with Gasteiger partial charge in [0.05, 0.1) is 0 Å². The molecule has 0 saturated carbocycles. The molecule has 0 aromatic heterocycles. The fourth-order valence-corrected chi connectivity index (χ4v) is 3.77. The summed E-state index contributed by atoms with van der Waals surface area (Å²) in [5, 5.41) is 10.1. The van der Waals surface area contributed by atoms with Crippen molar-refractivity contribution in [3.05, 3.63) is 11.8 Å². The van der Waals surface area contributed by atoms with Gasteiger partial charge in [-0.2, -0.15) is 0 Å². The standard InChI is InChI=1S/C18H32N4OS/c1-18(2,3)21-16(24)19-11-7-12-20-17(23)22-13-6-9-14-8-4-5-10-15(14)22/h10,14H,4-9,11-13H2,1-3H3,(H,20,23)(H2,19,21,24). The van der Waals surface area contributed by atoms with Gasteiger partial charge in [0, 0.05) is 30.9 Å². The summed E-state index contributed by atoms with van der Waals surface area (Å²) in [4.78, 5) is 14.4. The molecule has 0 radical (unpaired) electrons. The number of thiocarbonyl (C=S) groups is 1. The second kappa shape index (κ2) is 8.70. The van der Waals surface area contributed by atoms with Crippen molar-refractivity contribution in [3.8, 4) is 0 Å². The van der Waals surface area contributed by atoms with Gasteiger partial charge in [-0.05, 0) is 77.4 Å². The van der Waals surface area contributed by atoms with Gasteiger partial charge in [-0.25, -0.2) is 4.79 Å². The Morgan fingerprint density at radius 2 is 1.96 bits per heavy atom. The maximum atomic E-state index is 12.5. The summed E-state index contributed by atoms with van der Waals surface area (Å²) in [5.41, 5.74) is 1.23. The molecule has 0 spiro atoms. The van der Waals surface area contributed by atoms with Crippen LogP contribution >= 0.6 is 12.2 Å². The normalized spacial score (nSPS) is 20.7. The molecule has 5 nitrogen and oxygen atoms in total. The number of fused-ring (bicyclic) bond motifs is 1. The van der Waals surface area contributed by atoms with Gasteiger partial charge in [0.2, 0.25) is 0 Å². The number of likely N-dealkylation sites (tertiary alicyclic amines) is 1. The maximum absolute atomic E-state index is 12.5. The van der Waals surface area contributed by atoms with E-state index in [0.717, 1.165) is 32.4 Å². The number of carbonyl (C=O) groups excluding carboxylic acids is 1. The molecule has 1 unspecified atom stereocenters. The molecule has 1 saturated heterocycles. The predicted molar refractivity (Wildman–Crippen MR) is 103 cm³/mol. The molecule has 2 amide bonds. The fourth-order valence-electron chi connectivity index (χ4n) is 3.36. The van der Waals surface area contributed by atoms with Crippen LogP contribution in [0.1, 0.15) is 59.3 Å². The van der Waals surface area contributed by atoms with Gasteiger partial charge in [0.25, 0.3) is 0 Å². The molecule has 0 aromatic carbocycles. The zero-order valence-electron chi connectivity index (χ0n) is 15.3. The topological polar surface area (TPSA) is 56.4 Å². The van der Waals surface area contributed by atoms with Crippen molar-refractivity contribution in [2.24, 2.45) is 5.92 Å². The number of nitrogens with one attached hydrogen (secondary N) is 3. The number of nitrogens with zero attached hydrogens (tertiary/aromatic N) is 1. The Labute approximate surface area is 151 Å². The lowest BCUT2D eigenvalue weighted by Crippen LogP contribution is -2.47. The number of urea groups is 1. The monoisotopic (exact) mass is 352 g/mol. The average Bonchev–Trinajstić information content (AvgIpc) is 2.52. The van der Waals surface area contributed by atoms with E-state index in [9.17, 15) is 4.79 Å². The highest BCUT2D eigenvalue weighted by molar-refractivity contribution is 7.80. The number of hydrogen-bond acceptors (Lipinski definition) is 2. The van der Waals surface area contributed by atoms with E-state index in [0.29, 0.717) is 17.6 Å². The molecule has 0 bridgehead atoms. The molecule has 1 atom stereocenters. The van der Waals surface area contributed by atoms with Crippen LogP contribution in [0.25, 0.3) is 0 Å². The Hall–Kier alpha value is -1.30. The molecule has 2 rings (SSSR count). The number of hydrogen-bond donors (Lipinski definition) is 3. The molecular weight excluding hydrogens is 320 g/mol. The molecule has 1 fully saturated rings. The smallest absolute Gasteiger partial charge is 0.321 e. The van der Waals surface area contributed by atoms with Crippen LogP contribution in [0.4, 0.5) is 4.79 Å². The lowest BCUT2D eigenvalue weighted by atomic mass is 9.85. The van der Waals surface area contributed by atoms with Crippen LogP contribution in [0.15, 0.2) is 11.8 Å². The third-order valence-electron chi connectivity index (χ3n) is 4.42. The van der Waals surface area contributed by atoms with Crippen molar-refractivity contribution in [2.45, 2.75) is 64.8 Å². The first-order valence-corrected chi connectivity index (χ1v) is 9.59. The Balaban J connectivity index is 1.66. The summed E-state index contributed by atoms with van der Waals surface area (Å²) in [7, 11) is 0. The van der Waals surface area contributed by atoms with Crippen LogP contribution in [-0.2, 0) is 0 Å². The van der Waals surface area contributed by atoms with Gasteiger partial charge < -0.3 is 16.0 Å². The van der Waals surface area contributed by atoms with Gasteiger partial charge >= 0.3 is 6.03 Å². The Morgan fingerprint density at radius 1 is 1.25 bits per heavy atom. The van der Waals surface area contributed by atoms with E-state index in [1.54, 1.807) is 0 Å². The van der Waals surface area contributed by atoms with Crippen LogP contribution in [0.5, 0.6) is 0 Å². The largest absolute Gasteiger partial charge is 0.363 e. The summed E-state index contributed by atoms with van der Waals surface area (Å²) in [6.45, 7) is 8.50. The van der Waals surface area contributed by atoms with Gasteiger partial charge in [0.15, 0.2) is 5.11 Å². The minimum Gasteiger partial charge on any atom is -0.363 e.